The fourth-order valence-electron chi connectivity index (χ4n) is 3.10. The normalized spacial score (nSPS) is 22.8. The van der Waals surface area contributed by atoms with E-state index in [0.717, 1.165) is 25.0 Å². The van der Waals surface area contributed by atoms with Crippen molar-refractivity contribution in [3.63, 3.8) is 0 Å². The van der Waals surface area contributed by atoms with Crippen molar-refractivity contribution in [1.82, 2.24) is 5.32 Å². The van der Waals surface area contributed by atoms with Gasteiger partial charge in [0, 0.05) is 18.7 Å². The summed E-state index contributed by atoms with van der Waals surface area (Å²) >= 11 is 0. The summed E-state index contributed by atoms with van der Waals surface area (Å²) in [6, 6.07) is 5.31. The van der Waals surface area contributed by atoms with Gasteiger partial charge in [-0.25, -0.2) is 4.79 Å². The molecule has 1 aromatic rings. The van der Waals surface area contributed by atoms with E-state index in [1.54, 1.807) is 12.1 Å². The lowest BCUT2D eigenvalue weighted by molar-refractivity contribution is 0.00945. The third-order valence-corrected chi connectivity index (χ3v) is 4.32. The molecule has 1 N–H and O–H groups in total. The summed E-state index contributed by atoms with van der Waals surface area (Å²) in [6.45, 7) is 5.72. The molecule has 3 rings (SSSR count). The molecule has 1 fully saturated rings. The van der Waals surface area contributed by atoms with Gasteiger partial charge in [0.05, 0.1) is 17.7 Å². The largest absolute Gasteiger partial charge is 0.451 e. The van der Waals surface area contributed by atoms with Gasteiger partial charge in [-0.1, -0.05) is 12.1 Å². The van der Waals surface area contributed by atoms with Crippen LogP contribution in [-0.2, 0) is 15.1 Å². The summed E-state index contributed by atoms with van der Waals surface area (Å²) in [5, 5.41) is 2.92. The van der Waals surface area contributed by atoms with Gasteiger partial charge < -0.3 is 14.8 Å². The van der Waals surface area contributed by atoms with Crippen molar-refractivity contribution < 1.29 is 19.1 Å². The third-order valence-electron chi connectivity index (χ3n) is 4.32. The molecular formula is C17H21NO4. The minimum atomic E-state index is -0.681. The summed E-state index contributed by atoms with van der Waals surface area (Å²) in [6.07, 6.45) is 2.09. The number of esters is 1. The SMILES string of the molecule is CC1(C)OC(=O)c2c(C(=O)NCC3CCCOC3)cccc21. The van der Waals surface area contributed by atoms with E-state index in [2.05, 4.69) is 5.32 Å². The third kappa shape index (κ3) is 2.73. The average molecular weight is 303 g/mol. The number of hydrogen-bond donors (Lipinski definition) is 1. The maximum Gasteiger partial charge on any atom is 0.340 e. The van der Waals surface area contributed by atoms with Crippen LogP contribution < -0.4 is 5.32 Å². The number of rotatable bonds is 3. The van der Waals surface area contributed by atoms with E-state index in [9.17, 15) is 9.59 Å². The van der Waals surface area contributed by atoms with E-state index in [1.165, 1.54) is 0 Å². The Morgan fingerprint density at radius 3 is 2.95 bits per heavy atom. The summed E-state index contributed by atoms with van der Waals surface area (Å²) in [5.41, 5.74) is 0.876. The Balaban J connectivity index is 1.76. The molecule has 5 heteroatoms. The smallest absolute Gasteiger partial charge is 0.340 e. The monoisotopic (exact) mass is 303 g/mol. The van der Waals surface area contributed by atoms with Gasteiger partial charge in [-0.3, -0.25) is 4.79 Å². The van der Waals surface area contributed by atoms with E-state index in [1.807, 2.05) is 19.9 Å². The molecule has 0 spiro atoms. The van der Waals surface area contributed by atoms with Gasteiger partial charge in [0.15, 0.2) is 0 Å². The molecule has 0 radical (unpaired) electrons. The molecule has 1 unspecified atom stereocenters. The van der Waals surface area contributed by atoms with Gasteiger partial charge in [-0.2, -0.15) is 0 Å². The minimum absolute atomic E-state index is 0.225. The van der Waals surface area contributed by atoms with Crippen molar-refractivity contribution in [3.8, 4) is 0 Å². The fourth-order valence-corrected chi connectivity index (χ4v) is 3.10. The van der Waals surface area contributed by atoms with Gasteiger partial charge in [-0.05, 0) is 38.7 Å². The van der Waals surface area contributed by atoms with Gasteiger partial charge in [0.1, 0.15) is 5.60 Å². The Kier molecular flexibility index (Phi) is 3.91. The fraction of sp³-hybridized carbons (Fsp3) is 0.529. The van der Waals surface area contributed by atoms with Gasteiger partial charge in [-0.15, -0.1) is 0 Å². The summed E-state index contributed by atoms with van der Waals surface area (Å²) in [4.78, 5) is 24.5. The molecule has 22 heavy (non-hydrogen) atoms. The first-order valence-corrected chi connectivity index (χ1v) is 7.72. The first-order chi connectivity index (χ1) is 10.5. The van der Waals surface area contributed by atoms with E-state index < -0.39 is 11.6 Å². The number of amides is 1. The van der Waals surface area contributed by atoms with Crippen LogP contribution >= 0.6 is 0 Å². The molecule has 2 heterocycles. The molecule has 2 aliphatic heterocycles. The molecule has 118 valence electrons. The molecule has 1 aromatic carbocycles. The highest BCUT2D eigenvalue weighted by atomic mass is 16.6. The molecule has 0 aromatic heterocycles. The summed E-state index contributed by atoms with van der Waals surface area (Å²) in [5.74, 6) is -0.304. The van der Waals surface area contributed by atoms with Gasteiger partial charge >= 0.3 is 5.97 Å². The molecule has 1 saturated heterocycles. The Bertz CT molecular complexity index is 603. The standard InChI is InChI=1S/C17H21NO4/c1-17(2)13-7-3-6-12(14(13)16(20)22-17)15(19)18-9-11-5-4-8-21-10-11/h3,6-7,11H,4-5,8-10H2,1-2H3,(H,18,19). The number of ether oxygens (including phenoxy) is 2. The van der Waals surface area contributed by atoms with Crippen LogP contribution in [0.5, 0.6) is 0 Å². The molecule has 0 aliphatic carbocycles. The zero-order chi connectivity index (χ0) is 15.7. The van der Waals surface area contributed by atoms with Crippen LogP contribution in [0.3, 0.4) is 0 Å². The maximum atomic E-state index is 12.4. The first kappa shape index (κ1) is 15.0. The zero-order valence-electron chi connectivity index (χ0n) is 13.0. The second-order valence-corrected chi connectivity index (χ2v) is 6.42. The Morgan fingerprint density at radius 1 is 1.41 bits per heavy atom. The number of benzene rings is 1. The van der Waals surface area contributed by atoms with Crippen LogP contribution in [0.2, 0.25) is 0 Å². The van der Waals surface area contributed by atoms with E-state index in [-0.39, 0.29) is 5.91 Å². The molecule has 1 atom stereocenters. The maximum absolute atomic E-state index is 12.4. The van der Waals surface area contributed by atoms with Crippen molar-refractivity contribution in [1.29, 1.82) is 0 Å². The lowest BCUT2D eigenvalue weighted by Crippen LogP contribution is -2.33. The molecule has 5 nitrogen and oxygen atoms in total. The molecule has 0 bridgehead atoms. The summed E-state index contributed by atoms with van der Waals surface area (Å²) in [7, 11) is 0. The average Bonchev–Trinajstić information content (AvgIpc) is 2.75. The quantitative estimate of drug-likeness (QED) is 0.870. The van der Waals surface area contributed by atoms with Crippen LogP contribution in [0, 0.1) is 5.92 Å². The van der Waals surface area contributed by atoms with Crippen molar-refractivity contribution in [2.24, 2.45) is 5.92 Å². The number of carbonyl (C=O) groups excluding carboxylic acids is 2. The van der Waals surface area contributed by atoms with E-state index in [4.69, 9.17) is 9.47 Å². The second-order valence-electron chi connectivity index (χ2n) is 6.42. The zero-order valence-corrected chi connectivity index (χ0v) is 13.0. The summed E-state index contributed by atoms with van der Waals surface area (Å²) < 4.78 is 10.8. The topological polar surface area (TPSA) is 64.6 Å². The van der Waals surface area contributed by atoms with Crippen molar-refractivity contribution >= 4 is 11.9 Å². The van der Waals surface area contributed by atoms with Crippen LogP contribution in [0.25, 0.3) is 0 Å². The Morgan fingerprint density at radius 2 is 2.23 bits per heavy atom. The van der Waals surface area contributed by atoms with E-state index in [0.29, 0.717) is 30.2 Å². The van der Waals surface area contributed by atoms with E-state index >= 15 is 0 Å². The lowest BCUT2D eigenvalue weighted by atomic mass is 9.92. The molecule has 0 saturated carbocycles. The Labute approximate surface area is 130 Å². The number of cyclic esters (lactones) is 1. The number of nitrogens with one attached hydrogen (secondary N) is 1. The number of fused-ring (bicyclic) bond motifs is 1. The number of carbonyl (C=O) groups is 2. The van der Waals surface area contributed by atoms with Crippen molar-refractivity contribution in [2.75, 3.05) is 19.8 Å². The predicted molar refractivity (Wildman–Crippen MR) is 80.8 cm³/mol. The van der Waals surface area contributed by atoms with Crippen LogP contribution in [0.4, 0.5) is 0 Å². The van der Waals surface area contributed by atoms with Crippen LogP contribution in [-0.4, -0.2) is 31.6 Å². The van der Waals surface area contributed by atoms with Crippen molar-refractivity contribution in [2.45, 2.75) is 32.3 Å². The number of hydrogen-bond acceptors (Lipinski definition) is 4. The first-order valence-electron chi connectivity index (χ1n) is 7.72. The van der Waals surface area contributed by atoms with Crippen LogP contribution in [0.15, 0.2) is 18.2 Å². The molecule has 2 aliphatic rings. The lowest BCUT2D eigenvalue weighted by Gasteiger charge is -2.22. The minimum Gasteiger partial charge on any atom is -0.451 e. The highest BCUT2D eigenvalue weighted by Crippen LogP contribution is 2.37. The molecular weight excluding hydrogens is 282 g/mol. The van der Waals surface area contributed by atoms with Gasteiger partial charge in [0.2, 0.25) is 0 Å². The molecule has 1 amide bonds. The second kappa shape index (κ2) is 5.72. The highest BCUT2D eigenvalue weighted by molar-refractivity contribution is 6.07. The van der Waals surface area contributed by atoms with Gasteiger partial charge in [0.25, 0.3) is 5.91 Å². The van der Waals surface area contributed by atoms with Crippen LogP contribution in [0.1, 0.15) is 53.0 Å². The predicted octanol–water partition coefficient (Wildman–Crippen LogP) is 2.25. The highest BCUT2D eigenvalue weighted by Gasteiger charge is 2.40. The van der Waals surface area contributed by atoms with Crippen molar-refractivity contribution in [3.05, 3.63) is 34.9 Å². The Hall–Kier alpha value is -1.88.